The quantitative estimate of drug-likeness (QED) is 0.812. The fourth-order valence-electron chi connectivity index (χ4n) is 4.96. The Bertz CT molecular complexity index is 834. The molecule has 2 aromatic rings. The molecule has 4 rings (SSSR count). The zero-order valence-electron chi connectivity index (χ0n) is 17.5. The number of hydrogen-bond donors (Lipinski definition) is 1. The van der Waals surface area contributed by atoms with Gasteiger partial charge < -0.3 is 9.64 Å². The second-order valence-electron chi connectivity index (χ2n) is 8.38. The molecule has 2 N–H and O–H groups in total. The first-order chi connectivity index (χ1) is 14.0. The maximum atomic E-state index is 12.8. The van der Waals surface area contributed by atoms with Crippen LogP contribution >= 0.6 is 0 Å². The third-order valence-electron chi connectivity index (χ3n) is 6.47. The molecular weight excluding hydrogens is 362 g/mol. The summed E-state index contributed by atoms with van der Waals surface area (Å²) in [6, 6.07) is 17.6. The Labute approximate surface area is 173 Å². The maximum absolute atomic E-state index is 12.8. The van der Waals surface area contributed by atoms with E-state index in [9.17, 15) is 4.79 Å². The van der Waals surface area contributed by atoms with Gasteiger partial charge in [0, 0.05) is 31.7 Å². The highest BCUT2D eigenvalue weighted by Gasteiger charge is 2.42. The normalized spacial score (nSPS) is 21.6. The van der Waals surface area contributed by atoms with Crippen molar-refractivity contribution in [2.75, 3.05) is 20.2 Å². The minimum atomic E-state index is -0.610. The molecule has 0 saturated carbocycles. The van der Waals surface area contributed by atoms with Crippen molar-refractivity contribution in [1.29, 1.82) is 0 Å². The van der Waals surface area contributed by atoms with Crippen LogP contribution < -0.4 is 5.73 Å². The molecule has 2 aliphatic rings. The topological polar surface area (TPSA) is 58.8 Å². The zero-order valence-corrected chi connectivity index (χ0v) is 17.5. The highest BCUT2D eigenvalue weighted by atomic mass is 16.5. The number of rotatable bonds is 4. The molecular formula is C24H31N3O2. The average Bonchev–Trinajstić information content (AvgIpc) is 2.90. The lowest BCUT2D eigenvalue weighted by molar-refractivity contribution is -0.151. The molecule has 5 nitrogen and oxygen atoms in total. The van der Waals surface area contributed by atoms with E-state index in [0.29, 0.717) is 6.54 Å². The van der Waals surface area contributed by atoms with Gasteiger partial charge in [0.15, 0.2) is 6.35 Å². The molecule has 0 bridgehead atoms. The van der Waals surface area contributed by atoms with Crippen LogP contribution in [0.4, 0.5) is 0 Å². The van der Waals surface area contributed by atoms with Crippen molar-refractivity contribution >= 4 is 5.91 Å². The number of nitrogens with zero attached hydrogens (tertiary/aromatic N) is 2. The number of piperazine rings is 1. The number of carbonyl (C=O) groups is 1. The average molecular weight is 394 g/mol. The first-order valence-corrected chi connectivity index (χ1v) is 10.5. The van der Waals surface area contributed by atoms with Gasteiger partial charge in [0.25, 0.3) is 0 Å². The number of aryl methyl sites for hydroxylation is 2. The summed E-state index contributed by atoms with van der Waals surface area (Å²) in [6.07, 6.45) is 1.44. The van der Waals surface area contributed by atoms with Gasteiger partial charge in [-0.05, 0) is 48.9 Å². The van der Waals surface area contributed by atoms with Gasteiger partial charge in [-0.1, -0.05) is 48.5 Å². The minimum absolute atomic E-state index is 0.0467. The van der Waals surface area contributed by atoms with E-state index in [-0.39, 0.29) is 30.5 Å². The summed E-state index contributed by atoms with van der Waals surface area (Å²) in [5, 5.41) is 0. The van der Waals surface area contributed by atoms with Gasteiger partial charge >= 0.3 is 0 Å². The van der Waals surface area contributed by atoms with E-state index in [1.54, 1.807) is 7.11 Å². The first kappa shape index (κ1) is 20.1. The Kier molecular flexibility index (Phi) is 5.72. The number of carbonyl (C=O) groups excluding carboxylic acids is 1. The zero-order chi connectivity index (χ0) is 20.5. The summed E-state index contributed by atoms with van der Waals surface area (Å²) >= 11 is 0. The van der Waals surface area contributed by atoms with Crippen LogP contribution in [0.3, 0.4) is 0 Å². The number of amides is 1. The Hall–Kier alpha value is -2.21. The Morgan fingerprint density at radius 3 is 2.07 bits per heavy atom. The van der Waals surface area contributed by atoms with Crippen LogP contribution in [0.1, 0.15) is 42.0 Å². The Balaban J connectivity index is 1.86. The van der Waals surface area contributed by atoms with Gasteiger partial charge in [0.1, 0.15) is 0 Å². The number of hydrogen-bond acceptors (Lipinski definition) is 4. The van der Waals surface area contributed by atoms with Crippen LogP contribution in [0, 0.1) is 0 Å². The molecule has 0 aromatic heterocycles. The van der Waals surface area contributed by atoms with E-state index in [1.807, 2.05) is 9.80 Å². The lowest BCUT2D eigenvalue weighted by atomic mass is 9.80. The van der Waals surface area contributed by atoms with Gasteiger partial charge in [-0.15, -0.1) is 0 Å². The fourth-order valence-corrected chi connectivity index (χ4v) is 4.96. The van der Waals surface area contributed by atoms with Crippen LogP contribution in [0.15, 0.2) is 48.5 Å². The van der Waals surface area contributed by atoms with Gasteiger partial charge in [0.2, 0.25) is 5.91 Å². The van der Waals surface area contributed by atoms with Gasteiger partial charge in [-0.3, -0.25) is 15.4 Å². The van der Waals surface area contributed by atoms with Crippen molar-refractivity contribution in [3.05, 3.63) is 70.8 Å². The van der Waals surface area contributed by atoms with Crippen LogP contribution in [-0.4, -0.2) is 54.3 Å². The molecule has 2 atom stereocenters. The van der Waals surface area contributed by atoms with Crippen molar-refractivity contribution in [3.63, 3.8) is 0 Å². The van der Waals surface area contributed by atoms with E-state index in [0.717, 1.165) is 12.8 Å². The molecule has 0 spiro atoms. The summed E-state index contributed by atoms with van der Waals surface area (Å²) in [4.78, 5) is 16.9. The first-order valence-electron chi connectivity index (χ1n) is 10.5. The van der Waals surface area contributed by atoms with Gasteiger partial charge in [0.05, 0.1) is 6.54 Å². The molecule has 1 amide bonds. The van der Waals surface area contributed by atoms with Crippen molar-refractivity contribution in [2.45, 2.75) is 51.0 Å². The number of benzene rings is 2. The lowest BCUT2D eigenvalue weighted by Gasteiger charge is -2.47. The molecule has 1 aliphatic heterocycles. The second-order valence-corrected chi connectivity index (χ2v) is 8.38. The van der Waals surface area contributed by atoms with Crippen LogP contribution in [0.5, 0.6) is 0 Å². The molecule has 29 heavy (non-hydrogen) atoms. The largest absolute Gasteiger partial charge is 0.353 e. The number of nitrogens with two attached hydrogens (primary N) is 1. The summed E-state index contributed by atoms with van der Waals surface area (Å²) in [6.45, 7) is 5.07. The Morgan fingerprint density at radius 2 is 1.55 bits per heavy atom. The monoisotopic (exact) mass is 393 g/mol. The highest BCUT2D eigenvalue weighted by molar-refractivity contribution is 5.79. The standard InChI is InChI=1S/C24H31N3O2/c1-16(2)26-14-21(27(15-22(26)28)24(25)29-3)23-19-10-6-4-8-17(19)12-13-18-9-5-7-11-20(18)23/h4-11,16,21,23-24H,12-15,25H2,1-3H3/t21-,24?/m1/s1. The van der Waals surface area contributed by atoms with E-state index in [4.69, 9.17) is 10.5 Å². The van der Waals surface area contributed by atoms with E-state index < -0.39 is 6.35 Å². The van der Waals surface area contributed by atoms with Crippen LogP contribution in [0.25, 0.3) is 0 Å². The summed E-state index contributed by atoms with van der Waals surface area (Å²) in [5.41, 5.74) is 11.8. The molecule has 5 heteroatoms. The van der Waals surface area contributed by atoms with Gasteiger partial charge in [-0.2, -0.15) is 0 Å². The molecule has 1 saturated heterocycles. The summed E-state index contributed by atoms with van der Waals surface area (Å²) in [7, 11) is 1.61. The molecule has 1 aliphatic carbocycles. The molecule has 154 valence electrons. The lowest BCUT2D eigenvalue weighted by Crippen LogP contribution is -2.64. The highest BCUT2D eigenvalue weighted by Crippen LogP contribution is 2.40. The third-order valence-corrected chi connectivity index (χ3v) is 6.47. The minimum Gasteiger partial charge on any atom is -0.353 e. The number of fused-ring (bicyclic) bond motifs is 2. The van der Waals surface area contributed by atoms with Crippen LogP contribution in [-0.2, 0) is 22.4 Å². The SMILES string of the molecule is COC(N)N1CC(=O)N(C(C)C)C[C@@H]1C1c2ccccc2CCc2ccccc21. The van der Waals surface area contributed by atoms with Crippen LogP contribution in [0.2, 0.25) is 0 Å². The molecule has 2 aromatic carbocycles. The molecule has 0 radical (unpaired) electrons. The van der Waals surface area contributed by atoms with Crippen molar-refractivity contribution in [3.8, 4) is 0 Å². The summed E-state index contributed by atoms with van der Waals surface area (Å²) < 4.78 is 5.49. The Morgan fingerprint density at radius 1 is 1.00 bits per heavy atom. The smallest absolute Gasteiger partial charge is 0.237 e. The van der Waals surface area contributed by atoms with E-state index >= 15 is 0 Å². The molecule has 1 fully saturated rings. The molecule has 1 unspecified atom stereocenters. The van der Waals surface area contributed by atoms with Gasteiger partial charge in [-0.25, -0.2) is 0 Å². The van der Waals surface area contributed by atoms with E-state index in [1.165, 1.54) is 22.3 Å². The maximum Gasteiger partial charge on any atom is 0.237 e. The van der Waals surface area contributed by atoms with Crippen molar-refractivity contribution < 1.29 is 9.53 Å². The predicted molar refractivity (Wildman–Crippen MR) is 114 cm³/mol. The summed E-state index contributed by atoms with van der Waals surface area (Å²) in [5.74, 6) is 0.249. The van der Waals surface area contributed by atoms with E-state index in [2.05, 4.69) is 62.4 Å². The van der Waals surface area contributed by atoms with Crippen molar-refractivity contribution in [2.24, 2.45) is 5.73 Å². The molecule has 1 heterocycles. The van der Waals surface area contributed by atoms with Crippen molar-refractivity contribution in [1.82, 2.24) is 9.80 Å². The predicted octanol–water partition coefficient (Wildman–Crippen LogP) is 2.73. The third kappa shape index (κ3) is 3.70. The second kappa shape index (κ2) is 8.27. The number of ether oxygens (including phenoxy) is 1. The fraction of sp³-hybridized carbons (Fsp3) is 0.458. The number of methoxy groups -OCH3 is 1.